The number of hydrogen-bond donors (Lipinski definition) is 2. The van der Waals surface area contributed by atoms with Gasteiger partial charge in [0.05, 0.1) is 6.10 Å². The van der Waals surface area contributed by atoms with Crippen LogP contribution in [0.4, 0.5) is 0 Å². The van der Waals surface area contributed by atoms with Crippen molar-refractivity contribution in [2.75, 3.05) is 13.4 Å². The average molecular weight is 164 g/mol. The molecule has 0 aliphatic carbocycles. The molecule has 0 saturated heterocycles. The topological polar surface area (TPSA) is 49.7 Å². The van der Waals surface area contributed by atoms with Gasteiger partial charge in [0.2, 0.25) is 0 Å². The Balaban J connectivity index is 0. The van der Waals surface area contributed by atoms with Crippen molar-refractivity contribution in [3.63, 3.8) is 0 Å². The van der Waals surface area contributed by atoms with Gasteiger partial charge in [-0.15, -0.1) is 0 Å². The molecule has 70 valence electrons. The number of aliphatic hydroxyl groups excluding tert-OH is 2. The number of rotatable bonds is 3. The van der Waals surface area contributed by atoms with Gasteiger partial charge in [-0.25, -0.2) is 0 Å². The monoisotopic (exact) mass is 164 g/mol. The fourth-order valence-electron chi connectivity index (χ4n) is 0.149. The molecular formula is C8H20O3. The molecule has 0 aromatic rings. The van der Waals surface area contributed by atoms with Crippen LogP contribution in [0.15, 0.2) is 0 Å². The Hall–Kier alpha value is -0.120. The van der Waals surface area contributed by atoms with Crippen LogP contribution in [0.5, 0.6) is 0 Å². The average Bonchev–Trinajstić information content (AvgIpc) is 1.89. The molecule has 0 heterocycles. The zero-order chi connectivity index (χ0) is 9.28. The highest BCUT2D eigenvalue weighted by atomic mass is 16.6. The van der Waals surface area contributed by atoms with E-state index in [-0.39, 0.29) is 12.9 Å². The largest absolute Gasteiger partial charge is 0.396 e. The van der Waals surface area contributed by atoms with Gasteiger partial charge >= 0.3 is 0 Å². The van der Waals surface area contributed by atoms with Gasteiger partial charge < -0.3 is 14.9 Å². The summed E-state index contributed by atoms with van der Waals surface area (Å²) in [6, 6.07) is 0. The molecule has 0 unspecified atom stereocenters. The van der Waals surface area contributed by atoms with Crippen LogP contribution in [0.2, 0.25) is 0 Å². The Morgan fingerprint density at radius 3 is 1.45 bits per heavy atom. The van der Waals surface area contributed by atoms with Crippen molar-refractivity contribution in [2.24, 2.45) is 5.92 Å². The quantitative estimate of drug-likeness (QED) is 0.612. The first-order valence-corrected chi connectivity index (χ1v) is 3.87. The van der Waals surface area contributed by atoms with Crippen molar-refractivity contribution in [1.82, 2.24) is 0 Å². The first-order chi connectivity index (χ1) is 5.04. The molecule has 0 bridgehead atoms. The third-order valence-corrected chi connectivity index (χ3v) is 0.773. The van der Waals surface area contributed by atoms with Gasteiger partial charge in [0, 0.05) is 6.61 Å². The molecule has 3 heteroatoms. The van der Waals surface area contributed by atoms with Gasteiger partial charge in [-0.2, -0.15) is 0 Å². The van der Waals surface area contributed by atoms with Crippen LogP contribution in [0.1, 0.15) is 27.7 Å². The van der Waals surface area contributed by atoms with Crippen LogP contribution in [0.3, 0.4) is 0 Å². The summed E-state index contributed by atoms with van der Waals surface area (Å²) in [5.41, 5.74) is 0. The maximum atomic E-state index is 8.14. The van der Waals surface area contributed by atoms with Crippen LogP contribution < -0.4 is 0 Å². The van der Waals surface area contributed by atoms with Gasteiger partial charge in [-0.05, 0) is 19.8 Å². The van der Waals surface area contributed by atoms with Crippen molar-refractivity contribution in [2.45, 2.75) is 33.8 Å². The Kier molecular flexibility index (Phi) is 12.1. The summed E-state index contributed by atoms with van der Waals surface area (Å²) >= 11 is 0. The van der Waals surface area contributed by atoms with E-state index < -0.39 is 0 Å². The van der Waals surface area contributed by atoms with Gasteiger partial charge in [0.1, 0.15) is 6.79 Å². The molecule has 0 aliphatic rings. The van der Waals surface area contributed by atoms with Crippen molar-refractivity contribution < 1.29 is 14.9 Å². The van der Waals surface area contributed by atoms with E-state index in [0.29, 0.717) is 12.5 Å². The van der Waals surface area contributed by atoms with Gasteiger partial charge in [0.15, 0.2) is 0 Å². The third kappa shape index (κ3) is 25.8. The predicted octanol–water partition coefficient (Wildman–Crippen LogP) is 0.996. The lowest BCUT2D eigenvalue weighted by Gasteiger charge is -1.99. The van der Waals surface area contributed by atoms with E-state index in [1.165, 1.54) is 0 Å². The molecule has 0 fully saturated rings. The van der Waals surface area contributed by atoms with Crippen LogP contribution in [-0.4, -0.2) is 29.7 Å². The molecule has 0 spiro atoms. The maximum absolute atomic E-state index is 8.14. The fourth-order valence-corrected chi connectivity index (χ4v) is 0.149. The van der Waals surface area contributed by atoms with Crippen molar-refractivity contribution in [1.29, 1.82) is 0 Å². The number of aliphatic hydroxyl groups is 2. The molecule has 0 amide bonds. The van der Waals surface area contributed by atoms with E-state index in [2.05, 4.69) is 4.74 Å². The maximum Gasteiger partial charge on any atom is 0.143 e. The highest BCUT2D eigenvalue weighted by Gasteiger charge is 1.84. The lowest BCUT2D eigenvalue weighted by Crippen LogP contribution is -2.01. The molecule has 0 aromatic carbocycles. The summed E-state index contributed by atoms with van der Waals surface area (Å²) in [5, 5.41) is 16.2. The van der Waals surface area contributed by atoms with Gasteiger partial charge in [-0.3, -0.25) is 0 Å². The lowest BCUT2D eigenvalue weighted by molar-refractivity contribution is -0.0346. The normalized spacial score (nSPS) is 9.82. The minimum atomic E-state index is -0.169. The fraction of sp³-hybridized carbons (Fsp3) is 1.00. The molecule has 0 aromatic heterocycles. The second-order valence-electron chi connectivity index (χ2n) is 2.92. The molecule has 0 saturated carbocycles. The van der Waals surface area contributed by atoms with Crippen LogP contribution >= 0.6 is 0 Å². The minimum absolute atomic E-state index is 0.148. The summed E-state index contributed by atoms with van der Waals surface area (Å²) in [6.07, 6.45) is 0.148. The Bertz CT molecular complexity index is 62.4. The molecule has 3 nitrogen and oxygen atoms in total. The van der Waals surface area contributed by atoms with E-state index >= 15 is 0 Å². The Labute approximate surface area is 69.0 Å². The first-order valence-electron chi connectivity index (χ1n) is 3.87. The molecular weight excluding hydrogens is 144 g/mol. The molecule has 0 rings (SSSR count). The van der Waals surface area contributed by atoms with E-state index in [9.17, 15) is 0 Å². The Morgan fingerprint density at radius 2 is 1.45 bits per heavy atom. The van der Waals surface area contributed by atoms with Gasteiger partial charge in [-0.1, -0.05) is 13.8 Å². The van der Waals surface area contributed by atoms with Gasteiger partial charge in [0.25, 0.3) is 0 Å². The molecule has 11 heavy (non-hydrogen) atoms. The molecule has 0 atom stereocenters. The second-order valence-corrected chi connectivity index (χ2v) is 2.92. The second kappa shape index (κ2) is 9.88. The highest BCUT2D eigenvalue weighted by molar-refractivity contribution is 4.32. The van der Waals surface area contributed by atoms with Crippen molar-refractivity contribution >= 4 is 0 Å². The summed E-state index contributed by atoms with van der Waals surface area (Å²) in [6.45, 7) is 7.82. The number of hydrogen-bond acceptors (Lipinski definition) is 3. The van der Waals surface area contributed by atoms with E-state index in [1.807, 2.05) is 27.7 Å². The first kappa shape index (κ1) is 13.5. The SMILES string of the molecule is CC(C)CO.CC(C)OCO. The molecule has 2 N–H and O–H groups in total. The Morgan fingerprint density at radius 1 is 1.09 bits per heavy atom. The van der Waals surface area contributed by atoms with Crippen LogP contribution in [0, 0.1) is 5.92 Å². The lowest BCUT2D eigenvalue weighted by atomic mass is 10.2. The van der Waals surface area contributed by atoms with Crippen LogP contribution in [-0.2, 0) is 4.74 Å². The summed E-state index contributed by atoms with van der Waals surface area (Å²) < 4.78 is 4.60. The number of ether oxygens (including phenoxy) is 1. The zero-order valence-electron chi connectivity index (χ0n) is 7.87. The minimum Gasteiger partial charge on any atom is -0.396 e. The van der Waals surface area contributed by atoms with Crippen LogP contribution in [0.25, 0.3) is 0 Å². The summed E-state index contributed by atoms with van der Waals surface area (Å²) in [4.78, 5) is 0. The molecule has 0 radical (unpaired) electrons. The zero-order valence-corrected chi connectivity index (χ0v) is 7.87. The molecule has 0 aliphatic heterocycles. The predicted molar refractivity (Wildman–Crippen MR) is 45.2 cm³/mol. The van der Waals surface area contributed by atoms with E-state index in [0.717, 1.165) is 0 Å². The standard InChI is InChI=1S/C4H10O2.C4H10O/c1-4(2)6-3-5;1-4(2)3-5/h4-5H,3H2,1-2H3;4-5H,3H2,1-2H3. The highest BCUT2D eigenvalue weighted by Crippen LogP contribution is 1.83. The summed E-state index contributed by atoms with van der Waals surface area (Å²) in [7, 11) is 0. The van der Waals surface area contributed by atoms with E-state index in [4.69, 9.17) is 10.2 Å². The summed E-state index contributed by atoms with van der Waals surface area (Å²) in [5.74, 6) is 0.440. The van der Waals surface area contributed by atoms with E-state index in [1.54, 1.807) is 0 Å². The third-order valence-electron chi connectivity index (χ3n) is 0.773. The van der Waals surface area contributed by atoms with Crippen molar-refractivity contribution in [3.05, 3.63) is 0 Å². The van der Waals surface area contributed by atoms with Crippen molar-refractivity contribution in [3.8, 4) is 0 Å². The smallest absolute Gasteiger partial charge is 0.143 e.